The second-order valence-electron chi connectivity index (χ2n) is 7.33. The Hall–Kier alpha value is -3.56. The van der Waals surface area contributed by atoms with Gasteiger partial charge in [0.15, 0.2) is 10.5 Å². The zero-order chi connectivity index (χ0) is 22.2. The van der Waals surface area contributed by atoms with Gasteiger partial charge >= 0.3 is 0 Å². The van der Waals surface area contributed by atoms with Crippen LogP contribution in [0.1, 0.15) is 11.3 Å². The highest BCUT2D eigenvalue weighted by molar-refractivity contribution is 7.71. The predicted molar refractivity (Wildman–Crippen MR) is 128 cm³/mol. The number of rotatable bonds is 6. The lowest BCUT2D eigenvalue weighted by Crippen LogP contribution is -2.05. The number of hydrogen-bond acceptors (Lipinski definition) is 7. The number of aryl methyl sites for hydroxylation is 1. The van der Waals surface area contributed by atoms with Gasteiger partial charge in [-0.1, -0.05) is 29.8 Å². The molecule has 162 valence electrons. The summed E-state index contributed by atoms with van der Waals surface area (Å²) in [6.45, 7) is 2.40. The van der Waals surface area contributed by atoms with Gasteiger partial charge in [0.05, 0.1) is 24.4 Å². The first-order valence-corrected chi connectivity index (χ1v) is 11.1. The molecule has 0 amide bonds. The van der Waals surface area contributed by atoms with E-state index in [1.54, 1.807) is 24.6 Å². The van der Waals surface area contributed by atoms with E-state index in [9.17, 15) is 0 Å². The number of methoxy groups -OCH3 is 1. The first-order valence-electron chi connectivity index (χ1n) is 9.83. The number of imidazole rings is 1. The average Bonchev–Trinajstić information content (AvgIpc) is 3.51. The van der Waals surface area contributed by atoms with Gasteiger partial charge in [-0.05, 0) is 25.2 Å². The Morgan fingerprint density at radius 3 is 2.75 bits per heavy atom. The quantitative estimate of drug-likeness (QED) is 0.248. The van der Waals surface area contributed by atoms with Gasteiger partial charge in [0, 0.05) is 23.1 Å². The van der Waals surface area contributed by atoms with E-state index in [4.69, 9.17) is 36.9 Å². The number of furan rings is 1. The van der Waals surface area contributed by atoms with Crippen molar-refractivity contribution in [3.8, 4) is 33.5 Å². The number of aromatic nitrogens is 3. The van der Waals surface area contributed by atoms with Gasteiger partial charge in [0.1, 0.15) is 34.4 Å². The SMILES string of the molecule is COc1cc(OCc2csc(-c3ccc(C)cc3)n2)c2cc(-c3cn(N)c(=S)[nH]3)oc2c1. The van der Waals surface area contributed by atoms with E-state index in [0.717, 1.165) is 21.7 Å². The molecular formula is C23H20N4O3S2. The minimum absolute atomic E-state index is 0.326. The highest BCUT2D eigenvalue weighted by Gasteiger charge is 2.15. The van der Waals surface area contributed by atoms with Crippen molar-refractivity contribution in [2.45, 2.75) is 13.5 Å². The van der Waals surface area contributed by atoms with Crippen molar-refractivity contribution >= 4 is 34.5 Å². The Bertz CT molecular complexity index is 1460. The third kappa shape index (κ3) is 3.88. The lowest BCUT2D eigenvalue weighted by molar-refractivity contribution is 0.303. The largest absolute Gasteiger partial charge is 0.496 e. The molecule has 32 heavy (non-hydrogen) atoms. The van der Waals surface area contributed by atoms with E-state index in [1.807, 2.05) is 23.6 Å². The molecule has 2 aromatic carbocycles. The van der Waals surface area contributed by atoms with Crippen LogP contribution in [0.15, 0.2) is 58.5 Å². The number of H-pyrrole nitrogens is 1. The highest BCUT2D eigenvalue weighted by atomic mass is 32.1. The van der Waals surface area contributed by atoms with Gasteiger partial charge in [-0.15, -0.1) is 11.3 Å². The van der Waals surface area contributed by atoms with Gasteiger partial charge in [0.2, 0.25) is 0 Å². The topological polar surface area (TPSA) is 91.2 Å². The van der Waals surface area contributed by atoms with Crippen LogP contribution in [0.5, 0.6) is 11.5 Å². The summed E-state index contributed by atoms with van der Waals surface area (Å²) in [6, 6.07) is 13.9. The summed E-state index contributed by atoms with van der Waals surface area (Å²) in [7, 11) is 1.61. The number of aromatic amines is 1. The summed E-state index contributed by atoms with van der Waals surface area (Å²) in [5, 5.41) is 3.79. The fraction of sp³-hybridized carbons (Fsp3) is 0.130. The molecule has 3 aromatic heterocycles. The molecule has 0 saturated heterocycles. The van der Waals surface area contributed by atoms with Crippen LogP contribution in [0.25, 0.3) is 33.0 Å². The lowest BCUT2D eigenvalue weighted by Gasteiger charge is -2.08. The number of hydrogen-bond donors (Lipinski definition) is 2. The Morgan fingerprint density at radius 1 is 1.22 bits per heavy atom. The van der Waals surface area contributed by atoms with Crippen LogP contribution in [-0.4, -0.2) is 21.8 Å². The van der Waals surface area contributed by atoms with Crippen LogP contribution in [0.4, 0.5) is 0 Å². The summed E-state index contributed by atoms with van der Waals surface area (Å²) < 4.78 is 19.3. The second-order valence-corrected chi connectivity index (χ2v) is 8.57. The number of nitrogen functional groups attached to an aromatic ring is 1. The molecule has 0 spiro atoms. The Labute approximate surface area is 193 Å². The van der Waals surface area contributed by atoms with Gasteiger partial charge < -0.3 is 24.7 Å². The molecule has 7 nitrogen and oxygen atoms in total. The molecule has 0 aliphatic heterocycles. The van der Waals surface area contributed by atoms with E-state index >= 15 is 0 Å². The molecule has 5 rings (SSSR count). The summed E-state index contributed by atoms with van der Waals surface area (Å²) in [6.07, 6.45) is 1.68. The zero-order valence-electron chi connectivity index (χ0n) is 17.4. The van der Waals surface area contributed by atoms with Crippen LogP contribution < -0.4 is 15.3 Å². The average molecular weight is 465 g/mol. The van der Waals surface area contributed by atoms with Gasteiger partial charge in [-0.25, -0.2) is 9.66 Å². The number of nitrogens with one attached hydrogen (secondary N) is 1. The van der Waals surface area contributed by atoms with Crippen molar-refractivity contribution < 1.29 is 13.9 Å². The van der Waals surface area contributed by atoms with E-state index < -0.39 is 0 Å². The predicted octanol–water partition coefficient (Wildman–Crippen LogP) is 5.69. The van der Waals surface area contributed by atoms with Crippen LogP contribution in [0, 0.1) is 11.7 Å². The molecule has 0 aliphatic rings. The summed E-state index contributed by atoms with van der Waals surface area (Å²) in [4.78, 5) is 7.75. The van der Waals surface area contributed by atoms with E-state index in [2.05, 4.69) is 36.2 Å². The molecule has 0 saturated carbocycles. The Kier molecular flexibility index (Phi) is 5.20. The summed E-state index contributed by atoms with van der Waals surface area (Å²) in [5.41, 5.74) is 4.49. The monoisotopic (exact) mass is 464 g/mol. The van der Waals surface area contributed by atoms with E-state index in [1.165, 1.54) is 10.2 Å². The maximum Gasteiger partial charge on any atom is 0.196 e. The third-order valence-electron chi connectivity index (χ3n) is 5.04. The van der Waals surface area contributed by atoms with Crippen LogP contribution in [0.2, 0.25) is 0 Å². The first kappa shape index (κ1) is 20.3. The van der Waals surface area contributed by atoms with E-state index in [-0.39, 0.29) is 0 Å². The molecule has 0 fully saturated rings. The fourth-order valence-corrected chi connectivity index (χ4v) is 4.31. The highest BCUT2D eigenvalue weighted by Crippen LogP contribution is 2.37. The van der Waals surface area contributed by atoms with Gasteiger partial charge in [-0.3, -0.25) is 0 Å². The van der Waals surface area contributed by atoms with Crippen molar-refractivity contribution in [3.05, 3.63) is 70.1 Å². The van der Waals surface area contributed by atoms with E-state index in [0.29, 0.717) is 39.9 Å². The normalized spacial score (nSPS) is 11.2. The molecule has 0 radical (unpaired) electrons. The zero-order valence-corrected chi connectivity index (χ0v) is 19.0. The maximum absolute atomic E-state index is 6.14. The number of fused-ring (bicyclic) bond motifs is 1. The number of nitrogens with two attached hydrogens (primary N) is 1. The van der Waals surface area contributed by atoms with Crippen molar-refractivity contribution in [2.24, 2.45) is 0 Å². The molecule has 9 heteroatoms. The standard InChI is InChI=1S/C23H20N4O3S2/c1-13-3-5-14(6-4-13)22-25-15(12-32-22)11-29-19-7-16(28-2)8-20-17(19)9-21(30-20)18-10-27(24)23(31)26-18/h3-10,12H,11,24H2,1-2H3,(H,26,31). The van der Waals surface area contributed by atoms with Crippen molar-refractivity contribution in [1.29, 1.82) is 0 Å². The minimum atomic E-state index is 0.326. The summed E-state index contributed by atoms with van der Waals surface area (Å²) in [5.74, 6) is 7.68. The van der Waals surface area contributed by atoms with Crippen LogP contribution >= 0.6 is 23.6 Å². The van der Waals surface area contributed by atoms with Gasteiger partial charge in [-0.2, -0.15) is 0 Å². The van der Waals surface area contributed by atoms with Gasteiger partial charge in [0.25, 0.3) is 0 Å². The molecule has 3 N–H and O–H groups in total. The molecule has 0 unspecified atom stereocenters. The maximum atomic E-state index is 6.14. The molecule has 5 aromatic rings. The number of benzene rings is 2. The van der Waals surface area contributed by atoms with Crippen molar-refractivity contribution in [3.63, 3.8) is 0 Å². The molecule has 0 bridgehead atoms. The van der Waals surface area contributed by atoms with Crippen molar-refractivity contribution in [2.75, 3.05) is 13.0 Å². The summed E-state index contributed by atoms with van der Waals surface area (Å²) >= 11 is 6.75. The Morgan fingerprint density at radius 2 is 2.03 bits per heavy atom. The smallest absolute Gasteiger partial charge is 0.196 e. The molecule has 3 heterocycles. The first-order chi connectivity index (χ1) is 15.5. The molecule has 0 aliphatic carbocycles. The third-order valence-corrected chi connectivity index (χ3v) is 6.30. The van der Waals surface area contributed by atoms with Crippen molar-refractivity contribution in [1.82, 2.24) is 14.6 Å². The Balaban J connectivity index is 1.43. The van der Waals surface area contributed by atoms with Crippen LogP contribution in [-0.2, 0) is 6.61 Å². The number of thiazole rings is 1. The second kappa shape index (κ2) is 8.18. The van der Waals surface area contributed by atoms with Crippen LogP contribution in [0.3, 0.4) is 0 Å². The number of nitrogens with zero attached hydrogens (tertiary/aromatic N) is 2. The molecular weight excluding hydrogens is 444 g/mol. The fourth-order valence-electron chi connectivity index (χ4n) is 3.34. The lowest BCUT2D eigenvalue weighted by atomic mass is 10.2. The molecule has 0 atom stereocenters. The minimum Gasteiger partial charge on any atom is -0.496 e. The number of ether oxygens (including phenoxy) is 2.